The lowest BCUT2D eigenvalue weighted by Gasteiger charge is -2.12. The molecule has 0 aliphatic rings. The van der Waals surface area contributed by atoms with Crippen molar-refractivity contribution >= 4 is 0 Å². The number of aliphatic hydroxyl groups excluding tert-OH is 1. The van der Waals surface area contributed by atoms with Crippen LogP contribution in [0.4, 0.5) is 8.78 Å². The highest BCUT2D eigenvalue weighted by Gasteiger charge is 2.15. The zero-order chi connectivity index (χ0) is 14.7. The molecule has 0 fully saturated rings. The summed E-state index contributed by atoms with van der Waals surface area (Å²) in [5.74, 6) is -2.25. The van der Waals surface area contributed by atoms with Crippen molar-refractivity contribution in [2.24, 2.45) is 0 Å². The van der Waals surface area contributed by atoms with E-state index in [-0.39, 0.29) is 5.57 Å². The summed E-state index contributed by atoms with van der Waals surface area (Å²) in [5.41, 5.74) is -0.0986. The molecule has 1 nitrogen and oxygen atoms in total. The Bertz CT molecular complexity index is 308. The van der Waals surface area contributed by atoms with E-state index in [1.165, 1.54) is 25.7 Å². The molecule has 0 rings (SSSR count). The maximum atomic E-state index is 13.3. The monoisotopic (exact) mass is 272 g/mol. The molecule has 0 bridgehead atoms. The van der Waals surface area contributed by atoms with Gasteiger partial charge in [0.1, 0.15) is 0 Å². The fourth-order valence-electron chi connectivity index (χ4n) is 1.98. The number of allylic oxidation sites excluding steroid dienone is 2. The van der Waals surface area contributed by atoms with E-state index >= 15 is 0 Å². The van der Waals surface area contributed by atoms with E-state index in [0.717, 1.165) is 25.3 Å². The van der Waals surface area contributed by atoms with Crippen molar-refractivity contribution in [1.82, 2.24) is 0 Å². The highest BCUT2D eigenvalue weighted by molar-refractivity contribution is 5.32. The Morgan fingerprint density at radius 3 is 2.11 bits per heavy atom. The first-order valence-corrected chi connectivity index (χ1v) is 7.09. The summed E-state index contributed by atoms with van der Waals surface area (Å²) in [5, 5.41) is 9.79. The standard InChI is InChI=1S/C16H26F2O/c1-4-6-7-8-9-10-11-12-15(19)14(5-2)16(18)13(3)17/h5,15,19H,2-4,6-12H2,1H3/b16-14-. The first-order chi connectivity index (χ1) is 9.04. The molecular weight excluding hydrogens is 246 g/mol. The molecule has 1 unspecified atom stereocenters. The van der Waals surface area contributed by atoms with Gasteiger partial charge in [-0.25, -0.2) is 8.78 Å². The molecule has 0 heterocycles. The van der Waals surface area contributed by atoms with Crippen LogP contribution in [0.1, 0.15) is 58.3 Å². The normalized spacial score (nSPS) is 13.9. The predicted octanol–water partition coefficient (Wildman–Crippen LogP) is 5.38. The Kier molecular flexibility index (Phi) is 10.4. The SMILES string of the molecule is C=C/C(=C(/F)C(=C)F)C(O)CCCCCCCCC. The van der Waals surface area contributed by atoms with E-state index in [2.05, 4.69) is 20.1 Å². The van der Waals surface area contributed by atoms with Gasteiger partial charge in [-0.3, -0.25) is 0 Å². The molecule has 0 saturated carbocycles. The van der Waals surface area contributed by atoms with Crippen molar-refractivity contribution in [3.63, 3.8) is 0 Å². The Balaban J connectivity index is 3.96. The zero-order valence-corrected chi connectivity index (χ0v) is 11.9. The quantitative estimate of drug-likeness (QED) is 0.395. The van der Waals surface area contributed by atoms with Crippen molar-refractivity contribution in [3.05, 3.63) is 36.5 Å². The fourth-order valence-corrected chi connectivity index (χ4v) is 1.98. The molecule has 110 valence electrons. The van der Waals surface area contributed by atoms with E-state index in [0.29, 0.717) is 6.42 Å². The molecule has 1 N–H and O–H groups in total. The van der Waals surface area contributed by atoms with Crippen LogP contribution in [0.2, 0.25) is 0 Å². The Morgan fingerprint density at radius 2 is 1.63 bits per heavy atom. The zero-order valence-electron chi connectivity index (χ0n) is 11.9. The van der Waals surface area contributed by atoms with Gasteiger partial charge in [-0.05, 0) is 6.42 Å². The second-order valence-electron chi connectivity index (χ2n) is 4.80. The smallest absolute Gasteiger partial charge is 0.163 e. The molecule has 19 heavy (non-hydrogen) atoms. The van der Waals surface area contributed by atoms with E-state index in [4.69, 9.17) is 0 Å². The molecular formula is C16H26F2O. The number of aliphatic hydroxyl groups is 1. The summed E-state index contributed by atoms with van der Waals surface area (Å²) < 4.78 is 26.0. The molecule has 0 amide bonds. The molecule has 0 radical (unpaired) electrons. The average Bonchev–Trinajstić information content (AvgIpc) is 2.38. The summed E-state index contributed by atoms with van der Waals surface area (Å²) >= 11 is 0. The number of rotatable bonds is 11. The van der Waals surface area contributed by atoms with E-state index < -0.39 is 17.8 Å². The van der Waals surface area contributed by atoms with E-state index in [1.54, 1.807) is 0 Å². The second kappa shape index (κ2) is 10.9. The van der Waals surface area contributed by atoms with Crippen molar-refractivity contribution < 1.29 is 13.9 Å². The van der Waals surface area contributed by atoms with Crippen LogP contribution in [-0.4, -0.2) is 11.2 Å². The molecule has 0 aromatic carbocycles. The minimum atomic E-state index is -1.16. The van der Waals surface area contributed by atoms with Crippen LogP contribution < -0.4 is 0 Å². The fraction of sp³-hybridized carbons (Fsp3) is 0.625. The van der Waals surface area contributed by atoms with Crippen LogP contribution in [0, 0.1) is 0 Å². The lowest BCUT2D eigenvalue weighted by atomic mass is 10.0. The van der Waals surface area contributed by atoms with Crippen molar-refractivity contribution in [1.29, 1.82) is 0 Å². The number of halogens is 2. The van der Waals surface area contributed by atoms with Gasteiger partial charge < -0.3 is 5.11 Å². The van der Waals surface area contributed by atoms with Gasteiger partial charge >= 0.3 is 0 Å². The van der Waals surface area contributed by atoms with Crippen molar-refractivity contribution in [2.45, 2.75) is 64.4 Å². The van der Waals surface area contributed by atoms with E-state index in [1.807, 2.05) is 0 Å². The van der Waals surface area contributed by atoms with Gasteiger partial charge in [0.2, 0.25) is 0 Å². The summed E-state index contributed by atoms with van der Waals surface area (Å²) in [6.45, 7) is 8.46. The van der Waals surface area contributed by atoms with E-state index in [9.17, 15) is 13.9 Å². The minimum Gasteiger partial charge on any atom is -0.388 e. The molecule has 0 spiro atoms. The van der Waals surface area contributed by atoms with Gasteiger partial charge in [-0.2, -0.15) is 0 Å². The minimum absolute atomic E-state index is 0.0986. The molecule has 1 atom stereocenters. The van der Waals surface area contributed by atoms with Gasteiger partial charge in [0, 0.05) is 5.57 Å². The number of unbranched alkanes of at least 4 members (excludes halogenated alkanes) is 6. The van der Waals surface area contributed by atoms with Gasteiger partial charge in [0.25, 0.3) is 0 Å². The third kappa shape index (κ3) is 7.93. The summed E-state index contributed by atoms with van der Waals surface area (Å²) in [6, 6.07) is 0. The lowest BCUT2D eigenvalue weighted by molar-refractivity contribution is 0.196. The highest BCUT2D eigenvalue weighted by atomic mass is 19.2. The van der Waals surface area contributed by atoms with Crippen LogP contribution in [0.15, 0.2) is 36.5 Å². The van der Waals surface area contributed by atoms with Crippen molar-refractivity contribution in [3.8, 4) is 0 Å². The summed E-state index contributed by atoms with van der Waals surface area (Å²) in [6.07, 6.45) is 8.44. The third-order valence-electron chi connectivity index (χ3n) is 3.15. The third-order valence-corrected chi connectivity index (χ3v) is 3.15. The first-order valence-electron chi connectivity index (χ1n) is 7.09. The van der Waals surface area contributed by atoms with Crippen LogP contribution in [0.3, 0.4) is 0 Å². The molecule has 3 heteroatoms. The lowest BCUT2D eigenvalue weighted by Crippen LogP contribution is -2.10. The molecule has 0 aromatic rings. The molecule has 0 aromatic heterocycles. The van der Waals surface area contributed by atoms with Crippen molar-refractivity contribution in [2.75, 3.05) is 0 Å². The molecule has 0 saturated heterocycles. The Hall–Kier alpha value is -0.960. The average molecular weight is 272 g/mol. The topological polar surface area (TPSA) is 20.2 Å². The predicted molar refractivity (Wildman–Crippen MR) is 77.2 cm³/mol. The van der Waals surface area contributed by atoms with Crippen LogP contribution in [-0.2, 0) is 0 Å². The number of hydrogen-bond donors (Lipinski definition) is 1. The largest absolute Gasteiger partial charge is 0.388 e. The first kappa shape index (κ1) is 18.0. The van der Waals surface area contributed by atoms with Gasteiger partial charge in [-0.1, -0.05) is 71.1 Å². The van der Waals surface area contributed by atoms with Crippen LogP contribution in [0.25, 0.3) is 0 Å². The summed E-state index contributed by atoms with van der Waals surface area (Å²) in [7, 11) is 0. The highest BCUT2D eigenvalue weighted by Crippen LogP contribution is 2.22. The molecule has 0 aliphatic carbocycles. The number of hydrogen-bond acceptors (Lipinski definition) is 1. The maximum Gasteiger partial charge on any atom is 0.163 e. The van der Waals surface area contributed by atoms with Gasteiger partial charge in [0.15, 0.2) is 11.7 Å². The van der Waals surface area contributed by atoms with Gasteiger partial charge in [0.05, 0.1) is 6.10 Å². The summed E-state index contributed by atoms with van der Waals surface area (Å²) in [4.78, 5) is 0. The van der Waals surface area contributed by atoms with Crippen LogP contribution in [0.5, 0.6) is 0 Å². The molecule has 0 aliphatic heterocycles. The Morgan fingerprint density at radius 1 is 1.11 bits per heavy atom. The van der Waals surface area contributed by atoms with Gasteiger partial charge in [-0.15, -0.1) is 0 Å². The Labute approximate surface area is 115 Å². The van der Waals surface area contributed by atoms with Crippen LogP contribution >= 0.6 is 0 Å². The maximum absolute atomic E-state index is 13.3. The second-order valence-corrected chi connectivity index (χ2v) is 4.80.